The monoisotopic (exact) mass is 421 g/mol. The van der Waals surface area contributed by atoms with Gasteiger partial charge in [-0.1, -0.05) is 17.7 Å². The van der Waals surface area contributed by atoms with Crippen LogP contribution in [0.5, 0.6) is 5.75 Å². The van der Waals surface area contributed by atoms with E-state index in [0.29, 0.717) is 23.7 Å². The van der Waals surface area contributed by atoms with Crippen LogP contribution >= 0.6 is 22.9 Å². The van der Waals surface area contributed by atoms with Crippen molar-refractivity contribution in [1.82, 2.24) is 15.8 Å². The van der Waals surface area contributed by atoms with Gasteiger partial charge in [-0.3, -0.25) is 25.2 Å². The van der Waals surface area contributed by atoms with Crippen molar-refractivity contribution in [2.45, 2.75) is 25.3 Å². The minimum Gasteiger partial charge on any atom is -0.496 e. The summed E-state index contributed by atoms with van der Waals surface area (Å²) in [6, 6.07) is 7.77. The van der Waals surface area contributed by atoms with Crippen LogP contribution in [0.4, 0.5) is 0 Å². The van der Waals surface area contributed by atoms with E-state index in [-0.39, 0.29) is 17.9 Å². The van der Waals surface area contributed by atoms with Crippen molar-refractivity contribution in [2.24, 2.45) is 0 Å². The summed E-state index contributed by atoms with van der Waals surface area (Å²) in [5, 5.41) is 2.35. The Morgan fingerprint density at radius 3 is 2.82 bits per heavy atom. The number of hydrogen-bond acceptors (Lipinski definition) is 5. The zero-order valence-electron chi connectivity index (χ0n) is 15.2. The lowest BCUT2D eigenvalue weighted by atomic mass is 10.2. The van der Waals surface area contributed by atoms with E-state index in [2.05, 4.69) is 10.9 Å². The number of thiophene rings is 1. The summed E-state index contributed by atoms with van der Waals surface area (Å²) in [7, 11) is 1.43. The Kier molecular flexibility index (Phi) is 6.53. The molecule has 28 heavy (non-hydrogen) atoms. The molecule has 2 N–H and O–H groups in total. The summed E-state index contributed by atoms with van der Waals surface area (Å²) in [5.74, 6) is -0.742. The van der Waals surface area contributed by atoms with Gasteiger partial charge in [0.2, 0.25) is 5.91 Å². The second-order valence-electron chi connectivity index (χ2n) is 6.29. The van der Waals surface area contributed by atoms with Crippen LogP contribution in [0, 0.1) is 0 Å². The van der Waals surface area contributed by atoms with Gasteiger partial charge in [0.25, 0.3) is 11.8 Å². The van der Waals surface area contributed by atoms with Gasteiger partial charge in [-0.2, -0.15) is 0 Å². The van der Waals surface area contributed by atoms with E-state index in [4.69, 9.17) is 16.3 Å². The number of nitrogens with zero attached hydrogens (tertiary/aromatic N) is 1. The van der Waals surface area contributed by atoms with E-state index in [9.17, 15) is 14.4 Å². The van der Waals surface area contributed by atoms with Gasteiger partial charge < -0.3 is 9.64 Å². The third kappa shape index (κ3) is 4.63. The van der Waals surface area contributed by atoms with Crippen molar-refractivity contribution in [1.29, 1.82) is 0 Å². The Morgan fingerprint density at radius 2 is 2.11 bits per heavy atom. The van der Waals surface area contributed by atoms with Gasteiger partial charge in [0.1, 0.15) is 11.8 Å². The molecule has 0 radical (unpaired) electrons. The van der Waals surface area contributed by atoms with E-state index in [1.54, 1.807) is 11.0 Å². The summed E-state index contributed by atoms with van der Waals surface area (Å²) in [6.45, 7) is 0.529. The van der Waals surface area contributed by atoms with Crippen molar-refractivity contribution in [3.05, 3.63) is 51.2 Å². The predicted molar refractivity (Wildman–Crippen MR) is 106 cm³/mol. The van der Waals surface area contributed by atoms with Gasteiger partial charge in [-0.05, 0) is 42.5 Å². The van der Waals surface area contributed by atoms with Crippen LogP contribution in [0.3, 0.4) is 0 Å². The van der Waals surface area contributed by atoms with Crippen LogP contribution in [-0.4, -0.2) is 42.3 Å². The molecule has 1 saturated heterocycles. The van der Waals surface area contributed by atoms with Gasteiger partial charge in [0, 0.05) is 16.4 Å². The largest absolute Gasteiger partial charge is 0.496 e. The Hall–Kier alpha value is -2.58. The Morgan fingerprint density at radius 1 is 1.29 bits per heavy atom. The number of halogens is 1. The van der Waals surface area contributed by atoms with Crippen LogP contribution in [-0.2, 0) is 16.0 Å². The van der Waals surface area contributed by atoms with E-state index < -0.39 is 17.9 Å². The van der Waals surface area contributed by atoms with Gasteiger partial charge >= 0.3 is 0 Å². The molecule has 2 heterocycles. The van der Waals surface area contributed by atoms with E-state index in [1.165, 1.54) is 30.6 Å². The SMILES string of the molecule is COc1cc(Cl)ccc1C(=O)NNC(=O)C1CCCN1C(=O)Cc1cccs1. The lowest BCUT2D eigenvalue weighted by molar-refractivity contribution is -0.138. The number of nitrogens with one attached hydrogen (secondary N) is 2. The summed E-state index contributed by atoms with van der Waals surface area (Å²) in [4.78, 5) is 40.0. The third-order valence-electron chi connectivity index (χ3n) is 4.49. The first kappa shape index (κ1) is 20.2. The molecule has 3 amide bonds. The molecular formula is C19H20ClN3O4S. The zero-order chi connectivity index (χ0) is 20.1. The van der Waals surface area contributed by atoms with E-state index in [1.807, 2.05) is 17.5 Å². The molecular weight excluding hydrogens is 402 g/mol. The second-order valence-corrected chi connectivity index (χ2v) is 7.76. The Balaban J connectivity index is 1.59. The fraction of sp³-hybridized carbons (Fsp3) is 0.316. The number of rotatable bonds is 5. The standard InChI is InChI=1S/C19H20ClN3O4S/c1-27-16-10-12(20)6-7-14(16)18(25)21-22-19(26)15-5-2-8-23(15)17(24)11-13-4-3-9-28-13/h3-4,6-7,9-10,15H,2,5,8,11H2,1H3,(H,21,25)(H,22,26). The van der Waals surface area contributed by atoms with Gasteiger partial charge in [0.15, 0.2) is 0 Å². The van der Waals surface area contributed by atoms with Gasteiger partial charge in [-0.25, -0.2) is 0 Å². The van der Waals surface area contributed by atoms with Crippen LogP contribution in [0.25, 0.3) is 0 Å². The highest BCUT2D eigenvalue weighted by Gasteiger charge is 2.34. The molecule has 1 aromatic carbocycles. The number of carbonyl (C=O) groups excluding carboxylic acids is 3. The number of amides is 3. The molecule has 0 aliphatic carbocycles. The number of ether oxygens (including phenoxy) is 1. The summed E-state index contributed by atoms with van der Waals surface area (Å²) < 4.78 is 5.14. The fourth-order valence-corrected chi connectivity index (χ4v) is 3.98. The number of likely N-dealkylation sites (tertiary alicyclic amines) is 1. The molecule has 0 bridgehead atoms. The molecule has 1 aliphatic rings. The minimum atomic E-state index is -0.597. The molecule has 3 rings (SSSR count). The topological polar surface area (TPSA) is 87.7 Å². The molecule has 1 unspecified atom stereocenters. The van der Waals surface area contributed by atoms with Crippen LogP contribution in [0.15, 0.2) is 35.7 Å². The van der Waals surface area contributed by atoms with Gasteiger partial charge in [-0.15, -0.1) is 11.3 Å². The van der Waals surface area contributed by atoms with Crippen LogP contribution < -0.4 is 15.6 Å². The molecule has 0 spiro atoms. The average Bonchev–Trinajstić information content (AvgIpc) is 3.37. The molecule has 1 aliphatic heterocycles. The smallest absolute Gasteiger partial charge is 0.273 e. The Labute approximate surface area is 171 Å². The highest BCUT2D eigenvalue weighted by molar-refractivity contribution is 7.10. The molecule has 1 fully saturated rings. The number of methoxy groups -OCH3 is 1. The zero-order valence-corrected chi connectivity index (χ0v) is 16.8. The maximum absolute atomic E-state index is 12.5. The Bertz CT molecular complexity index is 872. The van der Waals surface area contributed by atoms with Crippen molar-refractivity contribution in [2.75, 3.05) is 13.7 Å². The fourth-order valence-electron chi connectivity index (χ4n) is 3.12. The lowest BCUT2D eigenvalue weighted by Crippen LogP contribution is -2.51. The number of hydrogen-bond donors (Lipinski definition) is 2. The minimum absolute atomic E-state index is 0.0919. The maximum Gasteiger partial charge on any atom is 0.273 e. The highest BCUT2D eigenvalue weighted by Crippen LogP contribution is 2.23. The average molecular weight is 422 g/mol. The van der Waals surface area contributed by atoms with Crippen molar-refractivity contribution < 1.29 is 19.1 Å². The highest BCUT2D eigenvalue weighted by atomic mass is 35.5. The first-order valence-corrected chi connectivity index (χ1v) is 10.0. The van der Waals surface area contributed by atoms with E-state index >= 15 is 0 Å². The first-order chi connectivity index (χ1) is 13.5. The third-order valence-corrected chi connectivity index (χ3v) is 5.60. The van der Waals surface area contributed by atoms with Crippen molar-refractivity contribution in [3.8, 4) is 5.75 Å². The first-order valence-electron chi connectivity index (χ1n) is 8.75. The van der Waals surface area contributed by atoms with Gasteiger partial charge in [0.05, 0.1) is 19.1 Å². The maximum atomic E-state index is 12.5. The van der Waals surface area contributed by atoms with Crippen molar-refractivity contribution >= 4 is 40.7 Å². The quantitative estimate of drug-likeness (QED) is 0.726. The summed E-state index contributed by atoms with van der Waals surface area (Å²) in [6.07, 6.45) is 1.57. The summed E-state index contributed by atoms with van der Waals surface area (Å²) >= 11 is 7.40. The number of benzene rings is 1. The van der Waals surface area contributed by atoms with Crippen molar-refractivity contribution in [3.63, 3.8) is 0 Å². The molecule has 148 valence electrons. The van der Waals surface area contributed by atoms with Crippen LogP contribution in [0.2, 0.25) is 5.02 Å². The number of carbonyl (C=O) groups is 3. The predicted octanol–water partition coefficient (Wildman–Crippen LogP) is 2.40. The van der Waals surface area contributed by atoms with E-state index in [0.717, 1.165) is 11.3 Å². The number of hydrazine groups is 1. The molecule has 1 atom stereocenters. The normalized spacial score (nSPS) is 15.9. The molecule has 9 heteroatoms. The second kappa shape index (κ2) is 9.07. The molecule has 1 aromatic heterocycles. The lowest BCUT2D eigenvalue weighted by Gasteiger charge is -2.24. The van der Waals surface area contributed by atoms with Crippen LogP contribution in [0.1, 0.15) is 28.1 Å². The molecule has 2 aromatic rings. The molecule has 7 nitrogen and oxygen atoms in total. The summed E-state index contributed by atoms with van der Waals surface area (Å²) in [5.41, 5.74) is 5.03. The molecule has 0 saturated carbocycles.